The lowest BCUT2D eigenvalue weighted by Crippen LogP contribution is -2.11. The molecule has 1 N–H and O–H groups in total. The zero-order chi connectivity index (χ0) is 10.4. The van der Waals surface area contributed by atoms with Gasteiger partial charge in [-0.2, -0.15) is 4.37 Å². The summed E-state index contributed by atoms with van der Waals surface area (Å²) >= 11 is 1.29. The van der Waals surface area contributed by atoms with E-state index < -0.39 is 0 Å². The number of ether oxygens (including phenoxy) is 1. The molecule has 0 unspecified atom stereocenters. The standard InChI is InChI=1S/C8H13N3O2S/c1-3-13-7(12)4-5-9-8-10-6(2)11-14-8/h3-5H2,1-2H3,(H,9,10,11). The zero-order valence-corrected chi connectivity index (χ0v) is 9.06. The third-order valence-corrected chi connectivity index (χ3v) is 2.20. The van der Waals surface area contributed by atoms with Gasteiger partial charge in [0.2, 0.25) is 5.13 Å². The van der Waals surface area contributed by atoms with Crippen LogP contribution in [-0.2, 0) is 9.53 Å². The van der Waals surface area contributed by atoms with Gasteiger partial charge in [-0.1, -0.05) is 0 Å². The van der Waals surface area contributed by atoms with E-state index in [1.165, 1.54) is 11.5 Å². The Hall–Kier alpha value is -1.17. The molecule has 0 radical (unpaired) electrons. The van der Waals surface area contributed by atoms with Gasteiger partial charge in [-0.25, -0.2) is 4.98 Å². The van der Waals surface area contributed by atoms with Crippen molar-refractivity contribution in [1.29, 1.82) is 0 Å². The molecule has 0 aliphatic carbocycles. The summed E-state index contributed by atoms with van der Waals surface area (Å²) in [5.41, 5.74) is 0. The Morgan fingerprint density at radius 2 is 2.43 bits per heavy atom. The van der Waals surface area contributed by atoms with Crippen molar-refractivity contribution in [3.05, 3.63) is 5.82 Å². The number of nitrogens with zero attached hydrogens (tertiary/aromatic N) is 2. The number of carbonyl (C=O) groups excluding carboxylic acids is 1. The lowest BCUT2D eigenvalue weighted by atomic mass is 10.4. The monoisotopic (exact) mass is 215 g/mol. The SMILES string of the molecule is CCOC(=O)CCNc1nc(C)ns1. The number of hydrogen-bond acceptors (Lipinski definition) is 6. The molecule has 6 heteroatoms. The van der Waals surface area contributed by atoms with Gasteiger partial charge in [0.15, 0.2) is 0 Å². The van der Waals surface area contributed by atoms with E-state index in [0.29, 0.717) is 19.6 Å². The molecule has 1 aromatic rings. The maximum Gasteiger partial charge on any atom is 0.307 e. The van der Waals surface area contributed by atoms with Gasteiger partial charge in [0.1, 0.15) is 5.82 Å². The molecule has 0 aliphatic heterocycles. The highest BCUT2D eigenvalue weighted by Gasteiger charge is 2.02. The minimum Gasteiger partial charge on any atom is -0.466 e. The molecular weight excluding hydrogens is 202 g/mol. The molecule has 1 rings (SSSR count). The molecule has 0 aromatic carbocycles. The number of carbonyl (C=O) groups is 1. The van der Waals surface area contributed by atoms with Gasteiger partial charge in [-0.3, -0.25) is 4.79 Å². The Morgan fingerprint density at radius 1 is 1.64 bits per heavy atom. The minimum atomic E-state index is -0.193. The number of rotatable bonds is 5. The highest BCUT2D eigenvalue weighted by atomic mass is 32.1. The van der Waals surface area contributed by atoms with E-state index in [9.17, 15) is 4.79 Å². The molecule has 0 fully saturated rings. The van der Waals surface area contributed by atoms with Crippen LogP contribution < -0.4 is 5.32 Å². The van der Waals surface area contributed by atoms with Crippen LogP contribution in [0.3, 0.4) is 0 Å². The smallest absolute Gasteiger partial charge is 0.307 e. The van der Waals surface area contributed by atoms with Crippen LogP contribution in [0, 0.1) is 6.92 Å². The van der Waals surface area contributed by atoms with Gasteiger partial charge >= 0.3 is 5.97 Å². The van der Waals surface area contributed by atoms with E-state index in [4.69, 9.17) is 4.74 Å². The summed E-state index contributed by atoms with van der Waals surface area (Å²) in [5, 5.41) is 3.74. The maximum atomic E-state index is 10.9. The van der Waals surface area contributed by atoms with Crippen LogP contribution in [-0.4, -0.2) is 28.5 Å². The highest BCUT2D eigenvalue weighted by molar-refractivity contribution is 7.09. The van der Waals surface area contributed by atoms with Crippen LogP contribution in [0.1, 0.15) is 19.2 Å². The van der Waals surface area contributed by atoms with Crippen LogP contribution in [0.25, 0.3) is 0 Å². The van der Waals surface area contributed by atoms with Crippen LogP contribution in [0.5, 0.6) is 0 Å². The van der Waals surface area contributed by atoms with Crippen LogP contribution in [0.4, 0.5) is 5.13 Å². The fourth-order valence-electron chi connectivity index (χ4n) is 0.874. The van der Waals surface area contributed by atoms with Crippen molar-refractivity contribution in [1.82, 2.24) is 9.36 Å². The normalized spacial score (nSPS) is 9.86. The molecule has 0 aliphatic rings. The highest BCUT2D eigenvalue weighted by Crippen LogP contribution is 2.09. The van der Waals surface area contributed by atoms with Gasteiger partial charge in [0.05, 0.1) is 13.0 Å². The third-order valence-electron chi connectivity index (χ3n) is 1.44. The molecule has 0 saturated carbocycles. The number of hydrogen-bond donors (Lipinski definition) is 1. The Labute approximate surface area is 86.7 Å². The van der Waals surface area contributed by atoms with E-state index in [2.05, 4.69) is 14.7 Å². The Bertz CT molecular complexity index is 301. The largest absolute Gasteiger partial charge is 0.466 e. The quantitative estimate of drug-likeness (QED) is 0.748. The Morgan fingerprint density at radius 3 is 3.00 bits per heavy atom. The van der Waals surface area contributed by atoms with Crippen LogP contribution in [0.2, 0.25) is 0 Å². The molecule has 0 saturated heterocycles. The lowest BCUT2D eigenvalue weighted by Gasteiger charge is -2.01. The molecule has 0 spiro atoms. The number of anilines is 1. The molecule has 0 atom stereocenters. The van der Waals surface area contributed by atoms with E-state index in [1.54, 1.807) is 6.92 Å². The van der Waals surface area contributed by atoms with Gasteiger partial charge < -0.3 is 10.1 Å². The lowest BCUT2D eigenvalue weighted by molar-refractivity contribution is -0.142. The first-order valence-corrected chi connectivity index (χ1v) is 5.19. The maximum absolute atomic E-state index is 10.9. The topological polar surface area (TPSA) is 64.1 Å². The molecular formula is C8H13N3O2S. The molecule has 0 amide bonds. The van der Waals surface area contributed by atoms with E-state index >= 15 is 0 Å². The van der Waals surface area contributed by atoms with Crippen molar-refractivity contribution >= 4 is 22.6 Å². The molecule has 14 heavy (non-hydrogen) atoms. The van der Waals surface area contributed by atoms with E-state index in [1.807, 2.05) is 6.92 Å². The molecule has 1 aromatic heterocycles. The second kappa shape index (κ2) is 5.54. The fraction of sp³-hybridized carbons (Fsp3) is 0.625. The summed E-state index contributed by atoms with van der Waals surface area (Å²) in [4.78, 5) is 15.0. The third kappa shape index (κ3) is 3.69. The summed E-state index contributed by atoms with van der Waals surface area (Å²) in [5.74, 6) is 0.551. The first-order chi connectivity index (χ1) is 6.72. The van der Waals surface area contributed by atoms with Gasteiger partial charge in [0.25, 0.3) is 0 Å². The number of aryl methyl sites for hydroxylation is 1. The first-order valence-electron chi connectivity index (χ1n) is 4.42. The predicted octanol–water partition coefficient (Wildman–Crippen LogP) is 1.21. The zero-order valence-electron chi connectivity index (χ0n) is 8.24. The van der Waals surface area contributed by atoms with Crippen molar-refractivity contribution < 1.29 is 9.53 Å². The Kier molecular flexibility index (Phi) is 4.31. The van der Waals surface area contributed by atoms with E-state index in [0.717, 1.165) is 11.0 Å². The van der Waals surface area contributed by atoms with Gasteiger partial charge in [-0.05, 0) is 13.8 Å². The van der Waals surface area contributed by atoms with Crippen molar-refractivity contribution in [2.75, 3.05) is 18.5 Å². The average Bonchev–Trinajstić information content (AvgIpc) is 2.52. The minimum absolute atomic E-state index is 0.193. The second-order valence-corrected chi connectivity index (χ2v) is 3.38. The van der Waals surface area contributed by atoms with E-state index in [-0.39, 0.29) is 5.97 Å². The van der Waals surface area contributed by atoms with Gasteiger partial charge in [-0.15, -0.1) is 0 Å². The summed E-state index contributed by atoms with van der Waals surface area (Å²) in [6.07, 6.45) is 0.354. The molecule has 78 valence electrons. The summed E-state index contributed by atoms with van der Waals surface area (Å²) in [7, 11) is 0. The number of esters is 1. The summed E-state index contributed by atoms with van der Waals surface area (Å²) in [6, 6.07) is 0. The summed E-state index contributed by atoms with van der Waals surface area (Å²) < 4.78 is 8.78. The van der Waals surface area contributed by atoms with Crippen molar-refractivity contribution in [2.45, 2.75) is 20.3 Å². The average molecular weight is 215 g/mol. The van der Waals surface area contributed by atoms with Crippen molar-refractivity contribution in [3.63, 3.8) is 0 Å². The molecule has 5 nitrogen and oxygen atoms in total. The fourth-order valence-corrected chi connectivity index (χ4v) is 1.47. The first kappa shape index (κ1) is 10.9. The Balaban J connectivity index is 2.18. The summed E-state index contributed by atoms with van der Waals surface area (Å²) in [6.45, 7) is 4.58. The van der Waals surface area contributed by atoms with Gasteiger partial charge in [0, 0.05) is 18.1 Å². The number of aromatic nitrogens is 2. The molecule has 0 bridgehead atoms. The van der Waals surface area contributed by atoms with Crippen LogP contribution >= 0.6 is 11.5 Å². The number of nitrogens with one attached hydrogen (secondary N) is 1. The predicted molar refractivity (Wildman–Crippen MR) is 54.4 cm³/mol. The van der Waals surface area contributed by atoms with Crippen molar-refractivity contribution in [2.24, 2.45) is 0 Å². The molecule has 1 heterocycles. The van der Waals surface area contributed by atoms with Crippen LogP contribution in [0.15, 0.2) is 0 Å². The second-order valence-electron chi connectivity index (χ2n) is 2.63. The van der Waals surface area contributed by atoms with Crippen molar-refractivity contribution in [3.8, 4) is 0 Å².